The second kappa shape index (κ2) is 10.1. The number of aliphatic hydroxyl groups is 1. The number of aryl methyl sites for hydroxylation is 1. The molecule has 1 aliphatic rings. The molecule has 1 aliphatic carbocycles. The third-order valence-corrected chi connectivity index (χ3v) is 8.82. The van der Waals surface area contributed by atoms with E-state index in [0.717, 1.165) is 6.26 Å². The van der Waals surface area contributed by atoms with Crippen LogP contribution in [0, 0.1) is 5.82 Å². The number of nitrogens with one attached hydrogen (secondary N) is 1. The van der Waals surface area contributed by atoms with Crippen LogP contribution in [0.25, 0.3) is 11.1 Å². The van der Waals surface area contributed by atoms with Gasteiger partial charge >= 0.3 is 0 Å². The van der Waals surface area contributed by atoms with Crippen LogP contribution in [0.15, 0.2) is 41.3 Å². The lowest BCUT2D eigenvalue weighted by molar-refractivity contribution is -0.131. The summed E-state index contributed by atoms with van der Waals surface area (Å²) in [6.45, 7) is 2.85. The standard InChI is InChI=1S/C24H31FN2O7S/c1-23(30)9-6-17(7-10-23)34-18-4-5-19(20(25)15-18)16-8-12-27(21(28)14-16)13-11-24(2,22(29)26-31)35(3,32)33/h4-5,8,12,14-15,17,30-31H,6-7,9-11,13H2,1-3H3,(H,26,29)/t17?,23?,24-/m1/s1. The molecule has 11 heteroatoms. The Balaban J connectivity index is 1.73. The number of nitrogens with zero attached hydrogens (tertiary/aromatic N) is 1. The van der Waals surface area contributed by atoms with E-state index in [1.165, 1.54) is 47.4 Å². The fourth-order valence-corrected chi connectivity index (χ4v) is 4.95. The monoisotopic (exact) mass is 510 g/mol. The molecule has 1 aromatic heterocycles. The van der Waals surface area contributed by atoms with Crippen LogP contribution in [0.1, 0.15) is 46.0 Å². The molecular weight excluding hydrogens is 479 g/mol. The summed E-state index contributed by atoms with van der Waals surface area (Å²) >= 11 is 0. The molecule has 1 atom stereocenters. The predicted molar refractivity (Wildman–Crippen MR) is 127 cm³/mol. The quantitative estimate of drug-likeness (QED) is 0.367. The number of halogens is 1. The number of benzene rings is 1. The van der Waals surface area contributed by atoms with Crippen LogP contribution in [0.2, 0.25) is 0 Å². The van der Waals surface area contributed by atoms with Gasteiger partial charge in [0.05, 0.1) is 11.7 Å². The number of sulfone groups is 1. The van der Waals surface area contributed by atoms with Crippen molar-refractivity contribution in [2.75, 3.05) is 6.26 Å². The summed E-state index contributed by atoms with van der Waals surface area (Å²) in [6, 6.07) is 7.16. The molecule has 3 rings (SSSR count). The number of hydrogen-bond donors (Lipinski definition) is 3. The minimum absolute atomic E-state index is 0.102. The fraction of sp³-hybridized carbons (Fsp3) is 0.500. The van der Waals surface area contributed by atoms with Gasteiger partial charge in [-0.25, -0.2) is 18.3 Å². The minimum atomic E-state index is -3.90. The topological polar surface area (TPSA) is 135 Å². The lowest BCUT2D eigenvalue weighted by Crippen LogP contribution is -2.49. The zero-order valence-corrected chi connectivity index (χ0v) is 20.8. The van der Waals surface area contributed by atoms with Crippen molar-refractivity contribution in [3.63, 3.8) is 0 Å². The van der Waals surface area contributed by atoms with E-state index in [2.05, 4.69) is 0 Å². The number of amides is 1. The lowest BCUT2D eigenvalue weighted by atomic mass is 9.85. The molecule has 0 aliphatic heterocycles. The maximum absolute atomic E-state index is 14.8. The Labute approximate surface area is 203 Å². The zero-order chi connectivity index (χ0) is 26.0. The molecule has 1 aromatic carbocycles. The number of carbonyl (C=O) groups excluding carboxylic acids is 1. The van der Waals surface area contributed by atoms with Gasteiger partial charge in [0.2, 0.25) is 0 Å². The van der Waals surface area contributed by atoms with Crippen molar-refractivity contribution < 1.29 is 32.7 Å². The van der Waals surface area contributed by atoms with Crippen LogP contribution in [-0.4, -0.2) is 51.9 Å². The summed E-state index contributed by atoms with van der Waals surface area (Å²) in [5, 5.41) is 19.0. The zero-order valence-electron chi connectivity index (χ0n) is 20.0. The van der Waals surface area contributed by atoms with Crippen LogP contribution in [0.4, 0.5) is 4.39 Å². The first-order valence-corrected chi connectivity index (χ1v) is 13.2. The van der Waals surface area contributed by atoms with E-state index in [4.69, 9.17) is 9.94 Å². The van der Waals surface area contributed by atoms with Crippen molar-refractivity contribution in [3.8, 4) is 16.9 Å². The largest absolute Gasteiger partial charge is 0.490 e. The highest BCUT2D eigenvalue weighted by Gasteiger charge is 2.43. The average molecular weight is 511 g/mol. The molecule has 1 saturated carbocycles. The number of pyridine rings is 1. The van der Waals surface area contributed by atoms with E-state index in [9.17, 15) is 27.5 Å². The third kappa shape index (κ3) is 6.09. The first-order chi connectivity index (χ1) is 16.3. The van der Waals surface area contributed by atoms with E-state index in [1.54, 1.807) is 13.0 Å². The van der Waals surface area contributed by atoms with E-state index in [1.807, 2.05) is 0 Å². The molecule has 2 aromatic rings. The van der Waals surface area contributed by atoms with Gasteiger partial charge in [-0.05, 0) is 69.7 Å². The van der Waals surface area contributed by atoms with Crippen molar-refractivity contribution >= 4 is 15.7 Å². The Morgan fingerprint density at radius 1 is 1.29 bits per heavy atom. The highest BCUT2D eigenvalue weighted by molar-refractivity contribution is 7.92. The van der Waals surface area contributed by atoms with Crippen molar-refractivity contribution in [2.24, 2.45) is 0 Å². The predicted octanol–water partition coefficient (Wildman–Crippen LogP) is 2.43. The Morgan fingerprint density at radius 3 is 2.49 bits per heavy atom. The van der Waals surface area contributed by atoms with Crippen LogP contribution in [0.5, 0.6) is 5.75 Å². The molecule has 1 fully saturated rings. The number of hydroxylamine groups is 1. The molecule has 192 valence electrons. The Morgan fingerprint density at radius 2 is 1.94 bits per heavy atom. The Bertz CT molecular complexity index is 1250. The van der Waals surface area contributed by atoms with Crippen molar-refractivity contribution in [2.45, 2.75) is 68.9 Å². The summed E-state index contributed by atoms with van der Waals surface area (Å²) in [4.78, 5) is 24.6. The molecule has 0 spiro atoms. The van der Waals surface area contributed by atoms with Crippen molar-refractivity contribution in [3.05, 3.63) is 52.7 Å². The Kier molecular flexibility index (Phi) is 7.73. The molecule has 3 N–H and O–H groups in total. The van der Waals surface area contributed by atoms with Gasteiger partial charge in [0.1, 0.15) is 11.6 Å². The number of rotatable bonds is 8. The molecule has 1 heterocycles. The molecule has 1 amide bonds. The van der Waals surface area contributed by atoms with E-state index in [-0.39, 0.29) is 24.6 Å². The van der Waals surface area contributed by atoms with E-state index in [0.29, 0.717) is 37.0 Å². The summed E-state index contributed by atoms with van der Waals surface area (Å²) < 4.78 is 44.2. The van der Waals surface area contributed by atoms with Crippen LogP contribution < -0.4 is 15.8 Å². The first kappa shape index (κ1) is 26.8. The fourth-order valence-electron chi connectivity index (χ4n) is 4.11. The van der Waals surface area contributed by atoms with Gasteiger partial charge in [0.25, 0.3) is 11.5 Å². The molecule has 0 saturated heterocycles. The number of hydrogen-bond acceptors (Lipinski definition) is 7. The van der Waals surface area contributed by atoms with Gasteiger partial charge in [0.15, 0.2) is 14.6 Å². The number of carbonyl (C=O) groups is 1. The summed E-state index contributed by atoms with van der Waals surface area (Å²) in [5.74, 6) is -1.28. The molecule has 0 radical (unpaired) electrons. The number of aromatic nitrogens is 1. The molecule has 35 heavy (non-hydrogen) atoms. The van der Waals surface area contributed by atoms with E-state index < -0.39 is 37.5 Å². The van der Waals surface area contributed by atoms with Gasteiger partial charge in [0, 0.05) is 36.7 Å². The molecule has 0 unspecified atom stereocenters. The SMILES string of the molecule is CC1(O)CCC(Oc2ccc(-c3ccn(CC[C@](C)(C(=O)NO)S(C)(=O)=O)c(=O)c3)c(F)c2)CC1. The molecule has 9 nitrogen and oxygen atoms in total. The average Bonchev–Trinajstić information content (AvgIpc) is 2.78. The molecular formula is C24H31FN2O7S. The van der Waals surface area contributed by atoms with Crippen LogP contribution >= 0.6 is 0 Å². The van der Waals surface area contributed by atoms with Crippen molar-refractivity contribution in [1.82, 2.24) is 10.0 Å². The second-order valence-corrected chi connectivity index (χ2v) is 12.0. The van der Waals surface area contributed by atoms with Gasteiger partial charge in [-0.3, -0.25) is 14.8 Å². The smallest absolute Gasteiger partial charge is 0.264 e. The van der Waals surface area contributed by atoms with Crippen LogP contribution in [-0.2, 0) is 21.2 Å². The van der Waals surface area contributed by atoms with Gasteiger partial charge in [-0.15, -0.1) is 0 Å². The minimum Gasteiger partial charge on any atom is -0.490 e. The van der Waals surface area contributed by atoms with Gasteiger partial charge in [-0.1, -0.05) is 0 Å². The third-order valence-electron chi connectivity index (χ3n) is 6.79. The normalized spacial score (nSPS) is 22.3. The van der Waals surface area contributed by atoms with E-state index >= 15 is 0 Å². The maximum atomic E-state index is 14.8. The Hall–Kier alpha value is -2.76. The molecule has 0 bridgehead atoms. The lowest BCUT2D eigenvalue weighted by Gasteiger charge is -2.33. The van der Waals surface area contributed by atoms with Gasteiger partial charge in [-0.2, -0.15) is 0 Å². The summed E-state index contributed by atoms with van der Waals surface area (Å²) in [7, 11) is -3.90. The highest BCUT2D eigenvalue weighted by Crippen LogP contribution is 2.32. The number of ether oxygens (including phenoxy) is 1. The summed E-state index contributed by atoms with van der Waals surface area (Å²) in [6.07, 6.45) is 4.49. The maximum Gasteiger partial charge on any atom is 0.264 e. The highest BCUT2D eigenvalue weighted by atomic mass is 32.2. The summed E-state index contributed by atoms with van der Waals surface area (Å²) in [5.41, 5.74) is 0.710. The first-order valence-electron chi connectivity index (χ1n) is 11.3. The van der Waals surface area contributed by atoms with Crippen LogP contribution in [0.3, 0.4) is 0 Å². The van der Waals surface area contributed by atoms with Crippen molar-refractivity contribution in [1.29, 1.82) is 0 Å². The second-order valence-electron chi connectivity index (χ2n) is 9.60. The van der Waals surface area contributed by atoms with Gasteiger partial charge < -0.3 is 14.4 Å².